The van der Waals surface area contributed by atoms with Crippen LogP contribution in [0.25, 0.3) is 11.0 Å². The van der Waals surface area contributed by atoms with Crippen LogP contribution in [0.2, 0.25) is 0 Å². The predicted octanol–water partition coefficient (Wildman–Crippen LogP) is 3.38. The highest BCUT2D eigenvalue weighted by Gasteiger charge is 2.24. The molecule has 2 aromatic rings. The molecule has 0 spiro atoms. The van der Waals surface area contributed by atoms with Crippen LogP contribution in [0.1, 0.15) is 46.6 Å². The zero-order valence-electron chi connectivity index (χ0n) is 13.2. The first-order valence-electron chi connectivity index (χ1n) is 7.78. The number of pyridine rings is 1. The first kappa shape index (κ1) is 14.3. The third-order valence-electron chi connectivity index (χ3n) is 3.99. The van der Waals surface area contributed by atoms with Crippen molar-refractivity contribution in [2.45, 2.75) is 64.8 Å². The summed E-state index contributed by atoms with van der Waals surface area (Å²) in [5, 5.41) is 9.09. The van der Waals surface area contributed by atoms with Gasteiger partial charge in [0, 0.05) is 17.5 Å². The predicted molar refractivity (Wildman–Crippen MR) is 84.6 cm³/mol. The van der Waals surface area contributed by atoms with E-state index in [1.807, 2.05) is 17.1 Å². The van der Waals surface area contributed by atoms with E-state index in [2.05, 4.69) is 49.2 Å². The molecule has 0 amide bonds. The fourth-order valence-electron chi connectivity index (χ4n) is 3.16. The molecule has 2 aromatic heterocycles. The Morgan fingerprint density at radius 1 is 1.24 bits per heavy atom. The molecule has 3 rings (SSSR count). The summed E-state index contributed by atoms with van der Waals surface area (Å²) in [6, 6.07) is 2.91. The maximum atomic E-state index is 5.79. The molecule has 1 aliphatic heterocycles. The van der Waals surface area contributed by atoms with Crippen LogP contribution < -0.4 is 5.32 Å². The number of aromatic nitrogens is 3. The number of hydrogen-bond acceptors (Lipinski definition) is 4. The van der Waals surface area contributed by atoms with Crippen molar-refractivity contribution in [1.29, 1.82) is 0 Å². The van der Waals surface area contributed by atoms with E-state index in [1.54, 1.807) is 0 Å². The van der Waals surface area contributed by atoms with Crippen molar-refractivity contribution in [2.24, 2.45) is 0 Å². The third-order valence-corrected chi connectivity index (χ3v) is 3.99. The van der Waals surface area contributed by atoms with Gasteiger partial charge in [-0.3, -0.25) is 0 Å². The normalized spacial score (nSPS) is 26.4. The summed E-state index contributed by atoms with van der Waals surface area (Å²) in [7, 11) is 0. The lowest BCUT2D eigenvalue weighted by Gasteiger charge is -2.33. The van der Waals surface area contributed by atoms with Gasteiger partial charge in [-0.05, 0) is 46.6 Å². The summed E-state index contributed by atoms with van der Waals surface area (Å²) in [5.74, 6) is 0. The van der Waals surface area contributed by atoms with Crippen LogP contribution in [0, 0.1) is 0 Å². The molecule has 0 saturated carbocycles. The summed E-state index contributed by atoms with van der Waals surface area (Å²) in [6.45, 7) is 8.51. The molecule has 1 N–H and O–H groups in total. The molecule has 5 nitrogen and oxygen atoms in total. The van der Waals surface area contributed by atoms with Crippen molar-refractivity contribution in [2.75, 3.05) is 5.32 Å². The van der Waals surface area contributed by atoms with Crippen molar-refractivity contribution in [1.82, 2.24) is 14.8 Å². The van der Waals surface area contributed by atoms with Gasteiger partial charge in [0.05, 0.1) is 30.3 Å². The Morgan fingerprint density at radius 2 is 1.95 bits per heavy atom. The number of anilines is 1. The van der Waals surface area contributed by atoms with Gasteiger partial charge in [0.2, 0.25) is 0 Å². The number of fused-ring (bicyclic) bond motifs is 1. The van der Waals surface area contributed by atoms with Gasteiger partial charge in [0.15, 0.2) is 5.65 Å². The minimum Gasteiger partial charge on any atom is -0.381 e. The zero-order valence-corrected chi connectivity index (χ0v) is 13.2. The van der Waals surface area contributed by atoms with Crippen molar-refractivity contribution in [3.05, 3.63) is 18.5 Å². The highest BCUT2D eigenvalue weighted by atomic mass is 16.5. The lowest BCUT2D eigenvalue weighted by Crippen LogP contribution is -2.36. The highest BCUT2D eigenvalue weighted by Crippen LogP contribution is 2.24. The Kier molecular flexibility index (Phi) is 3.85. The van der Waals surface area contributed by atoms with Gasteiger partial charge >= 0.3 is 0 Å². The Labute approximate surface area is 125 Å². The van der Waals surface area contributed by atoms with Gasteiger partial charge in [0.25, 0.3) is 0 Å². The van der Waals surface area contributed by atoms with Crippen molar-refractivity contribution < 1.29 is 4.74 Å². The highest BCUT2D eigenvalue weighted by molar-refractivity contribution is 5.78. The van der Waals surface area contributed by atoms with Crippen LogP contribution in [-0.4, -0.2) is 33.0 Å². The molecule has 0 aliphatic carbocycles. The Hall–Kier alpha value is -1.62. The van der Waals surface area contributed by atoms with Crippen LogP contribution in [0.4, 0.5) is 5.69 Å². The molecule has 114 valence electrons. The topological polar surface area (TPSA) is 52.0 Å². The van der Waals surface area contributed by atoms with E-state index < -0.39 is 0 Å². The summed E-state index contributed by atoms with van der Waals surface area (Å²) >= 11 is 0. The van der Waals surface area contributed by atoms with Crippen LogP contribution in [-0.2, 0) is 4.74 Å². The SMILES string of the molecule is CC1CC(Nc2cnc3c(cnn3C(C)C)c2)CC(C)O1. The Bertz CT molecular complexity index is 612. The van der Waals surface area contributed by atoms with Gasteiger partial charge < -0.3 is 10.1 Å². The molecular weight excluding hydrogens is 264 g/mol. The summed E-state index contributed by atoms with van der Waals surface area (Å²) in [5.41, 5.74) is 2.02. The van der Waals surface area contributed by atoms with Crippen LogP contribution in [0.15, 0.2) is 18.5 Å². The maximum absolute atomic E-state index is 5.79. The first-order valence-corrected chi connectivity index (χ1v) is 7.78. The molecular formula is C16H24N4O. The number of hydrogen-bond donors (Lipinski definition) is 1. The van der Waals surface area contributed by atoms with Gasteiger partial charge in [-0.25, -0.2) is 9.67 Å². The van der Waals surface area contributed by atoms with E-state index in [1.165, 1.54) is 0 Å². The monoisotopic (exact) mass is 288 g/mol. The van der Waals surface area contributed by atoms with Crippen LogP contribution >= 0.6 is 0 Å². The molecule has 1 fully saturated rings. The summed E-state index contributed by atoms with van der Waals surface area (Å²) < 4.78 is 7.74. The van der Waals surface area contributed by atoms with Crippen molar-refractivity contribution in [3.63, 3.8) is 0 Å². The maximum Gasteiger partial charge on any atom is 0.158 e. The van der Waals surface area contributed by atoms with Gasteiger partial charge in [-0.1, -0.05) is 0 Å². The van der Waals surface area contributed by atoms with E-state index >= 15 is 0 Å². The molecule has 1 saturated heterocycles. The minimum absolute atomic E-state index is 0.312. The first-order chi connectivity index (χ1) is 10.0. The zero-order chi connectivity index (χ0) is 15.0. The molecule has 5 heteroatoms. The number of rotatable bonds is 3. The second-order valence-corrected chi connectivity index (χ2v) is 6.39. The van der Waals surface area contributed by atoms with Crippen molar-refractivity contribution >= 4 is 16.7 Å². The molecule has 0 radical (unpaired) electrons. The summed E-state index contributed by atoms with van der Waals surface area (Å²) in [6.07, 6.45) is 6.50. The third kappa shape index (κ3) is 3.02. The fourth-order valence-corrected chi connectivity index (χ4v) is 3.16. The molecule has 3 heterocycles. The number of nitrogens with one attached hydrogen (secondary N) is 1. The quantitative estimate of drug-likeness (QED) is 0.940. The van der Waals surface area contributed by atoms with Gasteiger partial charge in [-0.15, -0.1) is 0 Å². The Morgan fingerprint density at radius 3 is 2.62 bits per heavy atom. The Balaban J connectivity index is 1.78. The molecule has 21 heavy (non-hydrogen) atoms. The van der Waals surface area contributed by atoms with Crippen LogP contribution in [0.5, 0.6) is 0 Å². The molecule has 2 atom stereocenters. The average molecular weight is 288 g/mol. The second-order valence-electron chi connectivity index (χ2n) is 6.39. The van der Waals surface area contributed by atoms with E-state index in [0.29, 0.717) is 24.3 Å². The fraction of sp³-hybridized carbons (Fsp3) is 0.625. The smallest absolute Gasteiger partial charge is 0.158 e. The van der Waals surface area contributed by atoms with Crippen LogP contribution in [0.3, 0.4) is 0 Å². The van der Waals surface area contributed by atoms with Gasteiger partial charge in [0.1, 0.15) is 0 Å². The summed E-state index contributed by atoms with van der Waals surface area (Å²) in [4.78, 5) is 4.57. The van der Waals surface area contributed by atoms with Crippen molar-refractivity contribution in [3.8, 4) is 0 Å². The van der Waals surface area contributed by atoms with E-state index in [-0.39, 0.29) is 0 Å². The lowest BCUT2D eigenvalue weighted by atomic mass is 10.00. The van der Waals surface area contributed by atoms with E-state index in [0.717, 1.165) is 29.6 Å². The second kappa shape index (κ2) is 5.64. The van der Waals surface area contributed by atoms with E-state index in [4.69, 9.17) is 4.74 Å². The molecule has 1 aliphatic rings. The molecule has 2 unspecified atom stereocenters. The number of nitrogens with zero attached hydrogens (tertiary/aromatic N) is 3. The lowest BCUT2D eigenvalue weighted by molar-refractivity contribution is -0.0337. The number of ether oxygens (including phenoxy) is 1. The minimum atomic E-state index is 0.312. The molecule has 0 aromatic carbocycles. The largest absolute Gasteiger partial charge is 0.381 e. The molecule has 0 bridgehead atoms. The van der Waals surface area contributed by atoms with Gasteiger partial charge in [-0.2, -0.15) is 5.10 Å². The average Bonchev–Trinajstić information content (AvgIpc) is 2.80. The van der Waals surface area contributed by atoms with E-state index in [9.17, 15) is 0 Å². The standard InChI is InChI=1S/C16H24N4O/c1-10(2)20-16-13(8-18-20)7-15(9-17-16)19-14-5-11(3)21-12(4)6-14/h7-12,14,19H,5-6H2,1-4H3.